The minimum atomic E-state index is -0.884. The van der Waals surface area contributed by atoms with Crippen LogP contribution in [-0.2, 0) is 11.3 Å². The molecule has 1 aromatic rings. The molecular weight excluding hydrogens is 216 g/mol. The summed E-state index contributed by atoms with van der Waals surface area (Å²) in [6.45, 7) is 1.16. The molecule has 3 heteroatoms. The van der Waals surface area contributed by atoms with Crippen molar-refractivity contribution >= 4 is 5.97 Å². The van der Waals surface area contributed by atoms with E-state index in [2.05, 4.69) is 0 Å². The predicted octanol–water partition coefficient (Wildman–Crippen LogP) is 3.09. The molecule has 0 atom stereocenters. The molecule has 0 aliphatic heterocycles. The molecule has 17 heavy (non-hydrogen) atoms. The van der Waals surface area contributed by atoms with Crippen LogP contribution in [0.1, 0.15) is 41.6 Å². The molecule has 1 fully saturated rings. The number of carboxylic acid groups (broad SMARTS) is 1. The third-order valence-electron chi connectivity index (χ3n) is 3.33. The van der Waals surface area contributed by atoms with Crippen molar-refractivity contribution in [3.63, 3.8) is 0 Å². The van der Waals surface area contributed by atoms with Crippen LogP contribution in [0.5, 0.6) is 0 Å². The zero-order valence-corrected chi connectivity index (χ0v) is 9.89. The maximum atomic E-state index is 11.0. The average molecular weight is 234 g/mol. The Morgan fingerprint density at radius 2 is 2.00 bits per heavy atom. The maximum Gasteiger partial charge on any atom is 0.336 e. The normalized spacial score (nSPS) is 16.2. The highest BCUT2D eigenvalue weighted by atomic mass is 16.5. The summed E-state index contributed by atoms with van der Waals surface area (Å²) in [6, 6.07) is 7.03. The summed E-state index contributed by atoms with van der Waals surface area (Å²) in [5.41, 5.74) is 1.11. The highest BCUT2D eigenvalue weighted by Crippen LogP contribution is 2.25. The number of aromatic carboxylic acids is 1. The Kier molecular flexibility index (Phi) is 4.15. The number of hydrogen-bond acceptors (Lipinski definition) is 2. The standard InChI is InChI=1S/C14H18O3/c15-14(16)13-8-4-3-7-12(13)10-17-9-11-5-1-2-6-11/h3-4,7-8,11H,1-2,5-6,9-10H2,(H,15,16). The van der Waals surface area contributed by atoms with E-state index in [0.29, 0.717) is 18.1 Å². The van der Waals surface area contributed by atoms with Gasteiger partial charge in [0, 0.05) is 6.61 Å². The van der Waals surface area contributed by atoms with Crippen LogP contribution < -0.4 is 0 Å². The van der Waals surface area contributed by atoms with Crippen molar-refractivity contribution in [1.29, 1.82) is 0 Å². The van der Waals surface area contributed by atoms with Gasteiger partial charge in [-0.05, 0) is 30.4 Å². The molecule has 0 unspecified atom stereocenters. The van der Waals surface area contributed by atoms with Gasteiger partial charge in [0.1, 0.15) is 0 Å². The first-order valence-electron chi connectivity index (χ1n) is 6.16. The van der Waals surface area contributed by atoms with Crippen LogP contribution >= 0.6 is 0 Å². The molecule has 92 valence electrons. The molecule has 0 saturated heterocycles. The Morgan fingerprint density at radius 3 is 2.71 bits per heavy atom. The lowest BCUT2D eigenvalue weighted by Gasteiger charge is -2.11. The van der Waals surface area contributed by atoms with Gasteiger partial charge in [-0.2, -0.15) is 0 Å². The van der Waals surface area contributed by atoms with E-state index >= 15 is 0 Å². The molecule has 0 aromatic heterocycles. The number of rotatable bonds is 5. The van der Waals surface area contributed by atoms with Gasteiger partial charge in [-0.15, -0.1) is 0 Å². The van der Waals surface area contributed by atoms with Gasteiger partial charge in [-0.25, -0.2) is 4.79 Å². The van der Waals surface area contributed by atoms with Crippen molar-refractivity contribution < 1.29 is 14.6 Å². The molecule has 3 nitrogen and oxygen atoms in total. The molecule has 0 radical (unpaired) electrons. The summed E-state index contributed by atoms with van der Waals surface area (Å²) in [4.78, 5) is 11.0. The molecule has 2 rings (SSSR count). The Labute approximate surface area is 101 Å². The van der Waals surface area contributed by atoms with Crippen molar-refractivity contribution in [1.82, 2.24) is 0 Å². The van der Waals surface area contributed by atoms with Crippen molar-refractivity contribution in [3.05, 3.63) is 35.4 Å². The van der Waals surface area contributed by atoms with Gasteiger partial charge in [0.2, 0.25) is 0 Å². The summed E-state index contributed by atoms with van der Waals surface area (Å²) in [5.74, 6) is -0.211. The van der Waals surface area contributed by atoms with Gasteiger partial charge in [0.15, 0.2) is 0 Å². The topological polar surface area (TPSA) is 46.5 Å². The van der Waals surface area contributed by atoms with Crippen molar-refractivity contribution in [2.75, 3.05) is 6.61 Å². The fourth-order valence-electron chi connectivity index (χ4n) is 2.37. The zero-order chi connectivity index (χ0) is 12.1. The van der Waals surface area contributed by atoms with E-state index in [4.69, 9.17) is 9.84 Å². The van der Waals surface area contributed by atoms with Crippen LogP contribution in [0.4, 0.5) is 0 Å². The highest BCUT2D eigenvalue weighted by molar-refractivity contribution is 5.89. The number of hydrogen-bond donors (Lipinski definition) is 1. The number of carbonyl (C=O) groups is 1. The SMILES string of the molecule is O=C(O)c1ccccc1COCC1CCCC1. The molecular formula is C14H18O3. The lowest BCUT2D eigenvalue weighted by atomic mass is 10.1. The van der Waals surface area contributed by atoms with Gasteiger partial charge in [-0.1, -0.05) is 31.0 Å². The first kappa shape index (κ1) is 12.1. The van der Waals surface area contributed by atoms with Gasteiger partial charge < -0.3 is 9.84 Å². The molecule has 1 aliphatic carbocycles. The molecule has 0 bridgehead atoms. The third-order valence-corrected chi connectivity index (χ3v) is 3.33. The average Bonchev–Trinajstić information content (AvgIpc) is 2.82. The second-order valence-corrected chi connectivity index (χ2v) is 4.63. The van der Waals surface area contributed by atoms with Gasteiger partial charge in [-0.3, -0.25) is 0 Å². The lowest BCUT2D eigenvalue weighted by molar-refractivity contribution is 0.0676. The predicted molar refractivity (Wildman–Crippen MR) is 65.0 cm³/mol. The lowest BCUT2D eigenvalue weighted by Crippen LogP contribution is -2.08. The van der Waals surface area contributed by atoms with Crippen molar-refractivity contribution in [2.24, 2.45) is 5.92 Å². The van der Waals surface area contributed by atoms with Gasteiger partial charge >= 0.3 is 5.97 Å². The Bertz CT molecular complexity index is 381. The minimum Gasteiger partial charge on any atom is -0.478 e. The second kappa shape index (κ2) is 5.82. The summed E-state index contributed by atoms with van der Waals surface area (Å²) in [7, 11) is 0. The largest absolute Gasteiger partial charge is 0.478 e. The number of ether oxygens (including phenoxy) is 1. The first-order valence-corrected chi connectivity index (χ1v) is 6.16. The van der Waals surface area contributed by atoms with Crippen LogP contribution in [0.15, 0.2) is 24.3 Å². The van der Waals surface area contributed by atoms with Crippen LogP contribution in [0.25, 0.3) is 0 Å². The number of benzene rings is 1. The first-order chi connectivity index (χ1) is 8.27. The van der Waals surface area contributed by atoms with Crippen LogP contribution in [-0.4, -0.2) is 17.7 Å². The number of carboxylic acids is 1. The molecule has 1 saturated carbocycles. The second-order valence-electron chi connectivity index (χ2n) is 4.63. The van der Waals surface area contributed by atoms with Crippen LogP contribution in [0.2, 0.25) is 0 Å². The molecule has 0 heterocycles. The Hall–Kier alpha value is -1.35. The van der Waals surface area contributed by atoms with Crippen molar-refractivity contribution in [2.45, 2.75) is 32.3 Å². The van der Waals surface area contributed by atoms with Gasteiger partial charge in [0.05, 0.1) is 12.2 Å². The van der Waals surface area contributed by atoms with E-state index in [1.54, 1.807) is 12.1 Å². The van der Waals surface area contributed by atoms with E-state index in [1.165, 1.54) is 25.7 Å². The van der Waals surface area contributed by atoms with E-state index in [-0.39, 0.29) is 0 Å². The smallest absolute Gasteiger partial charge is 0.336 e. The monoisotopic (exact) mass is 234 g/mol. The summed E-state index contributed by atoms with van der Waals surface area (Å²) < 4.78 is 5.63. The maximum absolute atomic E-state index is 11.0. The van der Waals surface area contributed by atoms with Gasteiger partial charge in [0.25, 0.3) is 0 Å². The fourth-order valence-corrected chi connectivity index (χ4v) is 2.37. The Balaban J connectivity index is 1.87. The van der Waals surface area contributed by atoms with Crippen molar-refractivity contribution in [3.8, 4) is 0 Å². The van der Waals surface area contributed by atoms with E-state index in [0.717, 1.165) is 12.2 Å². The zero-order valence-electron chi connectivity index (χ0n) is 9.89. The van der Waals surface area contributed by atoms with E-state index in [1.807, 2.05) is 12.1 Å². The van der Waals surface area contributed by atoms with E-state index in [9.17, 15) is 4.79 Å². The fraction of sp³-hybridized carbons (Fsp3) is 0.500. The summed E-state index contributed by atoms with van der Waals surface area (Å²) >= 11 is 0. The quantitative estimate of drug-likeness (QED) is 0.851. The molecule has 1 aromatic carbocycles. The third kappa shape index (κ3) is 3.30. The highest BCUT2D eigenvalue weighted by Gasteiger charge is 2.15. The van der Waals surface area contributed by atoms with E-state index < -0.39 is 5.97 Å². The van der Waals surface area contributed by atoms with Crippen LogP contribution in [0, 0.1) is 5.92 Å². The molecule has 0 amide bonds. The molecule has 0 spiro atoms. The minimum absolute atomic E-state index is 0.346. The summed E-state index contributed by atoms with van der Waals surface area (Å²) in [5, 5.41) is 9.02. The summed E-state index contributed by atoms with van der Waals surface area (Å²) in [6.07, 6.45) is 5.11. The van der Waals surface area contributed by atoms with Crippen LogP contribution in [0.3, 0.4) is 0 Å². The Morgan fingerprint density at radius 1 is 1.29 bits per heavy atom. The molecule has 1 N–H and O–H groups in total. The molecule has 1 aliphatic rings.